The zero-order valence-corrected chi connectivity index (χ0v) is 18.7. The number of benzene rings is 2. The molecule has 0 radical (unpaired) electrons. The van der Waals surface area contributed by atoms with Gasteiger partial charge in [-0.15, -0.1) is 0 Å². The van der Waals surface area contributed by atoms with Crippen molar-refractivity contribution in [1.82, 2.24) is 4.90 Å². The van der Waals surface area contributed by atoms with Crippen molar-refractivity contribution in [1.29, 1.82) is 0 Å². The molecule has 5 nitrogen and oxygen atoms in total. The van der Waals surface area contributed by atoms with Gasteiger partial charge in [-0.05, 0) is 41.5 Å². The van der Waals surface area contributed by atoms with Crippen LogP contribution in [0.3, 0.4) is 0 Å². The highest BCUT2D eigenvalue weighted by Gasteiger charge is 2.31. The van der Waals surface area contributed by atoms with Crippen molar-refractivity contribution in [3.63, 3.8) is 0 Å². The van der Waals surface area contributed by atoms with E-state index in [0.29, 0.717) is 44.5 Å². The van der Waals surface area contributed by atoms with Gasteiger partial charge in [0.1, 0.15) is 16.7 Å². The fraction of sp³-hybridized carbons (Fsp3) is 0.238. The summed E-state index contributed by atoms with van der Waals surface area (Å²) in [6.45, 7) is 1.01. The fourth-order valence-corrected chi connectivity index (χ4v) is 4.31. The zero-order valence-electron chi connectivity index (χ0n) is 16.3. The van der Waals surface area contributed by atoms with E-state index < -0.39 is 0 Å². The molecule has 1 saturated heterocycles. The molecule has 158 valence electrons. The SMILES string of the molecule is COCCN1C(=O)C(=Cc2cc(Cl)c(OCc3ccc(F)cc3)c(OC)c2)SC1=S. The standard InChI is InChI=1S/C21H19ClFNO4S2/c1-26-8-7-24-20(25)18(30-21(24)29)11-14-9-16(22)19(17(10-14)27-2)28-12-13-3-5-15(23)6-4-13/h3-6,9-11H,7-8,12H2,1-2H3. The van der Waals surface area contributed by atoms with E-state index in [4.69, 9.17) is 38.0 Å². The number of amides is 1. The lowest BCUT2D eigenvalue weighted by Crippen LogP contribution is -2.31. The summed E-state index contributed by atoms with van der Waals surface area (Å²) in [4.78, 5) is 14.6. The van der Waals surface area contributed by atoms with E-state index in [1.54, 1.807) is 37.5 Å². The fourth-order valence-electron chi connectivity index (χ4n) is 2.73. The summed E-state index contributed by atoms with van der Waals surface area (Å²) in [5.74, 6) is 0.305. The maximum absolute atomic E-state index is 13.1. The van der Waals surface area contributed by atoms with Crippen LogP contribution in [0.5, 0.6) is 11.5 Å². The third-order valence-corrected chi connectivity index (χ3v) is 5.90. The summed E-state index contributed by atoms with van der Waals surface area (Å²) in [5, 5.41) is 0.331. The highest BCUT2D eigenvalue weighted by atomic mass is 35.5. The Bertz CT molecular complexity index is 982. The molecule has 1 aliphatic rings. The third-order valence-electron chi connectivity index (χ3n) is 4.24. The Balaban J connectivity index is 1.79. The Hall–Kier alpha value is -2.13. The predicted octanol–water partition coefficient (Wildman–Crippen LogP) is 4.91. The van der Waals surface area contributed by atoms with Crippen LogP contribution in [0.15, 0.2) is 41.3 Å². The first-order chi connectivity index (χ1) is 14.4. The Morgan fingerprint density at radius 1 is 1.23 bits per heavy atom. The van der Waals surface area contributed by atoms with Crippen molar-refractivity contribution < 1.29 is 23.4 Å². The summed E-state index contributed by atoms with van der Waals surface area (Å²) in [6, 6.07) is 9.41. The lowest BCUT2D eigenvalue weighted by Gasteiger charge is -2.14. The van der Waals surface area contributed by atoms with Gasteiger partial charge in [-0.1, -0.05) is 47.7 Å². The predicted molar refractivity (Wildman–Crippen MR) is 120 cm³/mol. The van der Waals surface area contributed by atoms with Gasteiger partial charge in [0.25, 0.3) is 5.91 Å². The molecule has 0 aromatic heterocycles. The van der Waals surface area contributed by atoms with E-state index in [9.17, 15) is 9.18 Å². The molecule has 1 aliphatic heterocycles. The van der Waals surface area contributed by atoms with Gasteiger partial charge < -0.3 is 14.2 Å². The number of halogens is 2. The first-order valence-corrected chi connectivity index (χ1v) is 10.5. The van der Waals surface area contributed by atoms with Gasteiger partial charge in [0.2, 0.25) is 0 Å². The Labute approximate surface area is 188 Å². The van der Waals surface area contributed by atoms with E-state index in [-0.39, 0.29) is 18.3 Å². The number of thioether (sulfide) groups is 1. The molecular formula is C21H19ClFNO4S2. The highest BCUT2D eigenvalue weighted by Crippen LogP contribution is 2.39. The zero-order chi connectivity index (χ0) is 21.7. The highest BCUT2D eigenvalue weighted by molar-refractivity contribution is 8.26. The van der Waals surface area contributed by atoms with Crippen molar-refractivity contribution >= 4 is 51.9 Å². The van der Waals surface area contributed by atoms with E-state index in [2.05, 4.69) is 0 Å². The van der Waals surface area contributed by atoms with Crippen LogP contribution in [0.2, 0.25) is 5.02 Å². The second kappa shape index (κ2) is 10.3. The summed E-state index contributed by atoms with van der Waals surface area (Å²) < 4.78 is 29.8. The van der Waals surface area contributed by atoms with Gasteiger partial charge in [-0.3, -0.25) is 9.69 Å². The van der Waals surface area contributed by atoms with Gasteiger partial charge in [0, 0.05) is 7.11 Å². The quantitative estimate of drug-likeness (QED) is 0.406. The Morgan fingerprint density at radius 2 is 1.97 bits per heavy atom. The molecule has 0 unspecified atom stereocenters. The van der Waals surface area contributed by atoms with Crippen LogP contribution in [0, 0.1) is 5.82 Å². The van der Waals surface area contributed by atoms with Crippen LogP contribution in [-0.4, -0.2) is 42.5 Å². The van der Waals surface area contributed by atoms with Crippen LogP contribution >= 0.6 is 35.6 Å². The van der Waals surface area contributed by atoms with Gasteiger partial charge in [-0.25, -0.2) is 4.39 Å². The normalized spacial score (nSPS) is 15.2. The maximum Gasteiger partial charge on any atom is 0.266 e. The van der Waals surface area contributed by atoms with Crippen LogP contribution < -0.4 is 9.47 Å². The maximum atomic E-state index is 13.1. The number of hydrogen-bond acceptors (Lipinski definition) is 6. The lowest BCUT2D eigenvalue weighted by molar-refractivity contribution is -0.122. The summed E-state index contributed by atoms with van der Waals surface area (Å²) in [7, 11) is 3.08. The van der Waals surface area contributed by atoms with Crippen LogP contribution in [-0.2, 0) is 16.1 Å². The molecule has 1 heterocycles. The lowest BCUT2D eigenvalue weighted by atomic mass is 10.1. The first kappa shape index (κ1) is 22.6. The largest absolute Gasteiger partial charge is 0.493 e. The number of methoxy groups -OCH3 is 2. The topological polar surface area (TPSA) is 48.0 Å². The van der Waals surface area contributed by atoms with Crippen molar-refractivity contribution in [2.24, 2.45) is 0 Å². The second-order valence-corrected chi connectivity index (χ2v) is 8.36. The van der Waals surface area contributed by atoms with E-state index in [1.807, 2.05) is 0 Å². The van der Waals surface area contributed by atoms with Gasteiger partial charge in [0.05, 0.1) is 30.2 Å². The molecule has 2 aromatic rings. The van der Waals surface area contributed by atoms with E-state index in [0.717, 1.165) is 5.56 Å². The minimum atomic E-state index is -0.314. The van der Waals surface area contributed by atoms with Crippen LogP contribution in [0.25, 0.3) is 6.08 Å². The van der Waals surface area contributed by atoms with Crippen LogP contribution in [0.4, 0.5) is 4.39 Å². The molecule has 2 aromatic carbocycles. The number of nitrogens with zero attached hydrogens (tertiary/aromatic N) is 1. The molecule has 0 saturated carbocycles. The summed E-state index contributed by atoms with van der Waals surface area (Å²) in [6.07, 6.45) is 1.71. The molecule has 9 heteroatoms. The summed E-state index contributed by atoms with van der Waals surface area (Å²) >= 11 is 12.9. The molecule has 1 fully saturated rings. The number of carbonyl (C=O) groups excluding carboxylic acids is 1. The van der Waals surface area contributed by atoms with Crippen molar-refractivity contribution in [2.45, 2.75) is 6.61 Å². The van der Waals surface area contributed by atoms with Crippen molar-refractivity contribution in [2.75, 3.05) is 27.4 Å². The molecular weight excluding hydrogens is 449 g/mol. The van der Waals surface area contributed by atoms with Crippen molar-refractivity contribution in [3.05, 3.63) is 63.3 Å². The Morgan fingerprint density at radius 3 is 2.63 bits per heavy atom. The Kier molecular flexibility index (Phi) is 7.71. The van der Waals surface area contributed by atoms with Crippen LogP contribution in [0.1, 0.15) is 11.1 Å². The first-order valence-electron chi connectivity index (χ1n) is 8.92. The van der Waals surface area contributed by atoms with Gasteiger partial charge in [-0.2, -0.15) is 0 Å². The molecule has 1 amide bonds. The molecule has 0 N–H and O–H groups in total. The minimum Gasteiger partial charge on any atom is -0.493 e. The van der Waals surface area contributed by atoms with Gasteiger partial charge in [0.15, 0.2) is 11.5 Å². The summed E-state index contributed by atoms with van der Waals surface area (Å²) in [5.41, 5.74) is 1.47. The number of ether oxygens (including phenoxy) is 3. The average molecular weight is 468 g/mol. The van der Waals surface area contributed by atoms with Gasteiger partial charge >= 0.3 is 0 Å². The van der Waals surface area contributed by atoms with E-state index in [1.165, 1.54) is 35.9 Å². The molecule has 0 aliphatic carbocycles. The average Bonchev–Trinajstić information content (AvgIpc) is 2.99. The smallest absolute Gasteiger partial charge is 0.266 e. The molecule has 3 rings (SSSR count). The molecule has 30 heavy (non-hydrogen) atoms. The minimum absolute atomic E-state index is 0.172. The van der Waals surface area contributed by atoms with Crippen molar-refractivity contribution in [3.8, 4) is 11.5 Å². The molecule has 0 spiro atoms. The second-order valence-electron chi connectivity index (χ2n) is 6.28. The number of thiocarbonyl (C=S) groups is 1. The third kappa shape index (κ3) is 5.31. The van der Waals surface area contributed by atoms with E-state index >= 15 is 0 Å². The molecule has 0 bridgehead atoms. The number of carbonyl (C=O) groups is 1. The number of hydrogen-bond donors (Lipinski definition) is 0. The monoisotopic (exact) mass is 467 g/mol. The molecule has 0 atom stereocenters. The number of rotatable bonds is 8.